The van der Waals surface area contributed by atoms with Crippen LogP contribution in [0.5, 0.6) is 0 Å². The zero-order valence-electron chi connectivity index (χ0n) is 76.0. The summed E-state index contributed by atoms with van der Waals surface area (Å²) in [5.41, 5.74) is 22.2. The van der Waals surface area contributed by atoms with E-state index < -0.39 is 303 Å². The molecule has 1 aliphatic heterocycles. The van der Waals surface area contributed by atoms with Crippen LogP contribution in [0.2, 0.25) is 0 Å². The highest BCUT2D eigenvalue weighted by atomic mass is 16.5. The van der Waals surface area contributed by atoms with Crippen molar-refractivity contribution in [1.82, 2.24) is 74.4 Å². The van der Waals surface area contributed by atoms with Crippen molar-refractivity contribution in [2.24, 2.45) is 70.3 Å². The number of carbonyl (C=O) groups excluding carboxylic acids is 19. The van der Waals surface area contributed by atoms with E-state index >= 15 is 9.59 Å². The first-order valence-electron chi connectivity index (χ1n) is 43.7. The number of cyclic esters (lactones) is 1. The molecule has 16 atom stereocenters. The number of esters is 1. The number of carboxylic acid groups (broad SMARTS) is 1. The molecule has 0 aromatic rings. The highest BCUT2D eigenvalue weighted by Crippen LogP contribution is 2.20. The van der Waals surface area contributed by atoms with Crippen molar-refractivity contribution in [3.05, 3.63) is 0 Å². The Morgan fingerprint density at radius 2 is 0.768 bits per heavy atom. The molecule has 0 spiro atoms. The van der Waals surface area contributed by atoms with E-state index in [2.05, 4.69) is 81.4 Å². The van der Waals surface area contributed by atoms with Crippen molar-refractivity contribution in [2.75, 3.05) is 6.61 Å². The number of carboxylic acids is 1. The fourth-order valence-electron chi connectivity index (χ4n) is 13.5. The van der Waals surface area contributed by atoms with Crippen LogP contribution in [-0.4, -0.2) is 226 Å². The Morgan fingerprint density at radius 3 is 1.17 bits per heavy atom. The number of hydrogen-bond donors (Lipinski definition) is 20. The first-order valence-corrected chi connectivity index (χ1v) is 43.7. The molecule has 41 nitrogen and oxygen atoms in total. The van der Waals surface area contributed by atoms with Crippen LogP contribution in [0.4, 0.5) is 0 Å². The summed E-state index contributed by atoms with van der Waals surface area (Å²) in [5.74, 6) is -25.1. The maximum absolute atomic E-state index is 15.1. The van der Waals surface area contributed by atoms with Gasteiger partial charge in [-0.1, -0.05) is 156 Å². The summed E-state index contributed by atoms with van der Waals surface area (Å²) in [4.78, 5) is 280. The van der Waals surface area contributed by atoms with Gasteiger partial charge in [0.2, 0.25) is 106 Å². The van der Waals surface area contributed by atoms with E-state index in [0.29, 0.717) is 12.8 Å². The summed E-state index contributed by atoms with van der Waals surface area (Å²) in [6.45, 7) is 27.2. The molecule has 0 radical (unpaired) electrons. The predicted molar refractivity (Wildman–Crippen MR) is 459 cm³/mol. The second-order valence-electron chi connectivity index (χ2n) is 35.4. The Labute approximate surface area is 733 Å². The third kappa shape index (κ3) is 45.2. The Bertz CT molecular complexity index is 3630. The summed E-state index contributed by atoms with van der Waals surface area (Å²) in [6, 6.07) is -22.9. The number of aliphatic hydroxyl groups is 1. The SMILES string of the molecule is CCCCCCC[C@@H](O)CC(=O)N[C@@H](CC(C)C)C(=O)N[C@H](CCC(=O)O)C(=O)N[C@H](CCC(N)=O)C(=O)N[C@@H](C(=O)N[C@H](CC(C)C)C(=O)N[C@@H](CCC(N)=O)C(=O)N[C@@H]1COC(=O)[C@H]([C@@H](C)CC)NC(=O)C(CCC(N)=O)NC(=O)[C@H](CC(C)C)NC(=O)[C@@H](CCC(N)=O)NC(=O)[C@H](CC(C)C)NC(=O)[C@@H](CC(C)C)NC(=O)C(C(C)C)NC1=O)C(C)C. The number of unbranched alkanes of at least 4 members (excludes halogenated alkanes) is 4. The van der Waals surface area contributed by atoms with E-state index in [1.54, 1.807) is 76.2 Å². The zero-order valence-corrected chi connectivity index (χ0v) is 76.0. The van der Waals surface area contributed by atoms with Gasteiger partial charge in [-0.2, -0.15) is 0 Å². The van der Waals surface area contributed by atoms with Crippen LogP contribution in [0.25, 0.3) is 0 Å². The number of primary amides is 4. The molecule has 0 saturated carbocycles. The molecule has 0 aliphatic carbocycles. The second kappa shape index (κ2) is 57.8. The summed E-state index contributed by atoms with van der Waals surface area (Å²) >= 11 is 0. The number of carbonyl (C=O) groups is 20. The minimum absolute atomic E-state index is 0.0351. The maximum atomic E-state index is 15.1. The molecule has 1 fully saturated rings. The van der Waals surface area contributed by atoms with Gasteiger partial charge in [0.05, 0.1) is 12.5 Å². The minimum atomic E-state index is -2.10. The standard InChI is InChI=1S/C84H146N18O23/c1-18-20-21-22-23-24-50(103)40-66(108)89-56(35-42(3)4)76(116)94-55(29-34-67(109)110)71(111)90-53(27-32-64(87)106)74(114)100-68(47(13)14)82(122)97-59(38-45(9)10)79(119)92-52(26-31-63(86)105)73(113)99-61-41-125-84(124)70(49(17)19-2)102-75(115)54(28-33-65(88)107)93-77(117)57(36-43(5)6)95-72(112)51(25-30-62(85)104)91-78(118)58(37-44(7)8)96-80(120)60(39-46(11)12)98-83(123)69(48(15)16)101-81(61)121/h42-61,68-70,103H,18-41H2,1-17H3,(H2,85,104)(H2,86,105)(H2,87,106)(H2,88,107)(H,89,108)(H,90,111)(H,91,118)(H,92,119)(H,93,117)(H,94,116)(H,95,112)(H,96,120)(H,97,122)(H,98,123)(H,99,113)(H,100,114)(H,101,121)(H,102,115)(H,109,110)/t49-,50+,51+,52-,53+,54?,55+,56-,57-,58-,59+,60+,61+,68+,69?,70-/m0/s1. The topological polar surface area (TPSA) is 664 Å². The molecule has 710 valence electrons. The number of rotatable bonds is 50. The third-order valence-electron chi connectivity index (χ3n) is 20.6. The number of aliphatic hydroxyl groups excluding tert-OH is 1. The van der Waals surface area contributed by atoms with Crippen molar-refractivity contribution in [3.63, 3.8) is 0 Å². The van der Waals surface area contributed by atoms with Crippen LogP contribution in [0.3, 0.4) is 0 Å². The van der Waals surface area contributed by atoms with E-state index in [-0.39, 0.29) is 68.6 Å². The second-order valence-corrected chi connectivity index (χ2v) is 35.4. The van der Waals surface area contributed by atoms with Gasteiger partial charge >= 0.3 is 11.9 Å². The van der Waals surface area contributed by atoms with Gasteiger partial charge in [0.25, 0.3) is 0 Å². The van der Waals surface area contributed by atoms with Crippen molar-refractivity contribution >= 4 is 118 Å². The van der Waals surface area contributed by atoms with Gasteiger partial charge < -0.3 is 112 Å². The van der Waals surface area contributed by atoms with Crippen molar-refractivity contribution in [3.8, 4) is 0 Å². The van der Waals surface area contributed by atoms with Gasteiger partial charge in [0, 0.05) is 32.1 Å². The van der Waals surface area contributed by atoms with Crippen molar-refractivity contribution in [2.45, 2.75) is 356 Å². The van der Waals surface area contributed by atoms with Crippen LogP contribution in [0.15, 0.2) is 0 Å². The molecule has 2 unspecified atom stereocenters. The molecule has 1 rings (SSSR count). The lowest BCUT2D eigenvalue weighted by atomic mass is 9.98. The molecule has 1 heterocycles. The van der Waals surface area contributed by atoms with Gasteiger partial charge in [-0.25, -0.2) is 4.79 Å². The van der Waals surface area contributed by atoms with Crippen molar-refractivity contribution in [1.29, 1.82) is 0 Å². The molecule has 0 bridgehead atoms. The largest absolute Gasteiger partial charge is 0.481 e. The summed E-state index contributed by atoms with van der Waals surface area (Å²) in [5, 5.41) is 56.1. The Hall–Kier alpha value is -10.6. The number of hydrogen-bond acceptors (Lipinski definition) is 22. The molecule has 0 aromatic heterocycles. The van der Waals surface area contributed by atoms with Gasteiger partial charge in [-0.3, -0.25) is 91.1 Å². The fourth-order valence-corrected chi connectivity index (χ4v) is 13.5. The lowest BCUT2D eigenvalue weighted by Crippen LogP contribution is -2.62. The third-order valence-corrected chi connectivity index (χ3v) is 20.6. The first kappa shape index (κ1) is 112. The predicted octanol–water partition coefficient (Wildman–Crippen LogP) is -1.04. The lowest BCUT2D eigenvalue weighted by Gasteiger charge is -2.30. The van der Waals surface area contributed by atoms with Gasteiger partial charge in [0.1, 0.15) is 91.2 Å². The fraction of sp³-hybridized carbons (Fsp3) is 0.762. The van der Waals surface area contributed by atoms with Crippen LogP contribution >= 0.6 is 0 Å². The van der Waals surface area contributed by atoms with Gasteiger partial charge in [-0.05, 0) is 118 Å². The van der Waals surface area contributed by atoms with E-state index in [1.165, 1.54) is 34.6 Å². The number of aliphatic carboxylic acids is 1. The molecule has 125 heavy (non-hydrogen) atoms. The molecule has 24 N–H and O–H groups in total. The monoisotopic (exact) mass is 1780 g/mol. The molecular formula is C84H146N18O23. The van der Waals surface area contributed by atoms with Gasteiger partial charge in [0.15, 0.2) is 0 Å². The van der Waals surface area contributed by atoms with E-state index in [9.17, 15) is 96.5 Å². The molecule has 41 heteroatoms. The zero-order chi connectivity index (χ0) is 95.4. The normalized spacial score (nSPS) is 20.6. The first-order chi connectivity index (χ1) is 58.3. The summed E-state index contributed by atoms with van der Waals surface area (Å²) in [6.07, 6.45) is -2.30. The number of nitrogens with two attached hydrogens (primary N) is 4. The number of nitrogens with one attached hydrogen (secondary N) is 14. The average molecular weight is 1780 g/mol. The smallest absolute Gasteiger partial charge is 0.329 e. The summed E-state index contributed by atoms with van der Waals surface area (Å²) < 4.78 is 5.79. The lowest BCUT2D eigenvalue weighted by molar-refractivity contribution is -0.152. The molecule has 0 aromatic carbocycles. The Morgan fingerprint density at radius 1 is 0.400 bits per heavy atom. The van der Waals surface area contributed by atoms with Crippen LogP contribution in [-0.2, 0) is 101 Å². The van der Waals surface area contributed by atoms with Crippen LogP contribution in [0, 0.1) is 47.3 Å². The molecule has 1 aliphatic rings. The van der Waals surface area contributed by atoms with E-state index in [1.807, 2.05) is 0 Å². The van der Waals surface area contributed by atoms with Crippen LogP contribution < -0.4 is 97.4 Å². The summed E-state index contributed by atoms with van der Waals surface area (Å²) in [7, 11) is 0. The van der Waals surface area contributed by atoms with Crippen molar-refractivity contribution < 1.29 is 111 Å². The number of amides is 18. The highest BCUT2D eigenvalue weighted by molar-refractivity contribution is 6.01. The van der Waals surface area contributed by atoms with Crippen LogP contribution in [0.1, 0.15) is 265 Å². The van der Waals surface area contributed by atoms with E-state index in [0.717, 1.165) is 25.7 Å². The quantitative estimate of drug-likeness (QED) is 0.0255. The minimum Gasteiger partial charge on any atom is -0.481 e. The average Bonchev–Trinajstić information content (AvgIpc) is 1.13. The van der Waals surface area contributed by atoms with Gasteiger partial charge in [-0.15, -0.1) is 0 Å². The molecular weight excluding hydrogens is 1630 g/mol. The number of ether oxygens (including phenoxy) is 1. The highest BCUT2D eigenvalue weighted by Gasteiger charge is 2.42. The maximum Gasteiger partial charge on any atom is 0.329 e. The molecule has 1 saturated heterocycles. The Kier molecular flexibility index (Phi) is 52.0. The van der Waals surface area contributed by atoms with E-state index in [4.69, 9.17) is 27.7 Å². The Balaban J connectivity index is 4.23. The molecule has 18 amide bonds.